The van der Waals surface area contributed by atoms with Crippen molar-refractivity contribution in [3.05, 3.63) is 24.3 Å². The van der Waals surface area contributed by atoms with Crippen LogP contribution in [0, 0.1) is 0 Å². The molecule has 5 nitrogen and oxygen atoms in total. The van der Waals surface area contributed by atoms with Crippen molar-refractivity contribution in [1.29, 1.82) is 0 Å². The van der Waals surface area contributed by atoms with Crippen molar-refractivity contribution in [2.24, 2.45) is 5.73 Å². The number of anilines is 2. The number of amides is 2. The smallest absolute Gasteiger partial charge is 0.244 e. The number of fused-ring (bicyclic) bond motifs is 1. The summed E-state index contributed by atoms with van der Waals surface area (Å²) >= 11 is 0. The Balaban J connectivity index is 2.23. The summed E-state index contributed by atoms with van der Waals surface area (Å²) in [5.74, 6) is -0.279. The molecule has 5 heteroatoms. The van der Waals surface area contributed by atoms with Gasteiger partial charge in [0.2, 0.25) is 11.8 Å². The third-order valence-corrected chi connectivity index (χ3v) is 3.03. The SMILES string of the molecule is CCC(N)CC(=O)N1CC(=O)Nc2ccccc21. The average molecular weight is 247 g/mol. The molecule has 3 N–H and O–H groups in total. The van der Waals surface area contributed by atoms with Crippen LogP contribution >= 0.6 is 0 Å². The van der Waals surface area contributed by atoms with E-state index in [1.807, 2.05) is 25.1 Å². The Hall–Kier alpha value is -1.88. The van der Waals surface area contributed by atoms with Crippen molar-refractivity contribution < 1.29 is 9.59 Å². The number of hydrogen-bond donors (Lipinski definition) is 2. The second kappa shape index (κ2) is 5.18. The first-order valence-corrected chi connectivity index (χ1v) is 6.06. The van der Waals surface area contributed by atoms with Crippen LogP contribution in [-0.4, -0.2) is 24.4 Å². The van der Waals surface area contributed by atoms with Crippen LogP contribution < -0.4 is 16.0 Å². The third-order valence-electron chi connectivity index (χ3n) is 3.03. The first kappa shape index (κ1) is 12.6. The number of para-hydroxylation sites is 2. The summed E-state index contributed by atoms with van der Waals surface area (Å²) < 4.78 is 0. The second-order valence-corrected chi connectivity index (χ2v) is 4.42. The summed E-state index contributed by atoms with van der Waals surface area (Å²) in [6, 6.07) is 7.12. The molecule has 0 aliphatic carbocycles. The summed E-state index contributed by atoms with van der Waals surface area (Å²) in [6.07, 6.45) is 1.01. The molecular weight excluding hydrogens is 230 g/mol. The monoisotopic (exact) mass is 247 g/mol. The number of carbonyl (C=O) groups excluding carboxylic acids is 2. The lowest BCUT2D eigenvalue weighted by molar-refractivity contribution is -0.122. The predicted molar refractivity (Wildman–Crippen MR) is 70.3 cm³/mol. The van der Waals surface area contributed by atoms with Gasteiger partial charge >= 0.3 is 0 Å². The zero-order valence-corrected chi connectivity index (χ0v) is 10.3. The second-order valence-electron chi connectivity index (χ2n) is 4.42. The predicted octanol–water partition coefficient (Wildman–Crippen LogP) is 1.10. The molecule has 96 valence electrons. The number of benzene rings is 1. The Bertz CT molecular complexity index is 473. The number of nitrogens with two attached hydrogens (primary N) is 1. The van der Waals surface area contributed by atoms with Crippen LogP contribution in [0.1, 0.15) is 19.8 Å². The van der Waals surface area contributed by atoms with Gasteiger partial charge in [0, 0.05) is 12.5 Å². The van der Waals surface area contributed by atoms with E-state index in [9.17, 15) is 9.59 Å². The number of nitrogens with zero attached hydrogens (tertiary/aromatic N) is 1. The van der Waals surface area contributed by atoms with Crippen LogP contribution in [-0.2, 0) is 9.59 Å². The number of carbonyl (C=O) groups is 2. The Morgan fingerprint density at radius 1 is 1.50 bits per heavy atom. The molecule has 2 amide bonds. The topological polar surface area (TPSA) is 75.4 Å². The van der Waals surface area contributed by atoms with Gasteiger partial charge in [-0.2, -0.15) is 0 Å². The Morgan fingerprint density at radius 3 is 2.94 bits per heavy atom. The van der Waals surface area contributed by atoms with Crippen molar-refractivity contribution in [3.8, 4) is 0 Å². The molecule has 1 atom stereocenters. The number of nitrogens with one attached hydrogen (secondary N) is 1. The van der Waals surface area contributed by atoms with Crippen LogP contribution in [0.4, 0.5) is 11.4 Å². The summed E-state index contributed by atoms with van der Waals surface area (Å²) in [5, 5.41) is 2.75. The van der Waals surface area contributed by atoms with Gasteiger partial charge in [-0.1, -0.05) is 19.1 Å². The van der Waals surface area contributed by atoms with Crippen LogP contribution in [0.5, 0.6) is 0 Å². The van der Waals surface area contributed by atoms with Gasteiger partial charge in [-0.3, -0.25) is 9.59 Å². The Kier molecular flexibility index (Phi) is 3.62. The molecule has 0 bridgehead atoms. The van der Waals surface area contributed by atoms with Crippen molar-refractivity contribution >= 4 is 23.2 Å². The zero-order valence-electron chi connectivity index (χ0n) is 10.3. The fourth-order valence-corrected chi connectivity index (χ4v) is 1.93. The van der Waals surface area contributed by atoms with E-state index >= 15 is 0 Å². The van der Waals surface area contributed by atoms with E-state index in [1.165, 1.54) is 4.90 Å². The molecule has 1 aromatic rings. The maximum Gasteiger partial charge on any atom is 0.244 e. The van der Waals surface area contributed by atoms with Gasteiger partial charge in [-0.15, -0.1) is 0 Å². The lowest BCUT2D eigenvalue weighted by Crippen LogP contribution is -2.44. The van der Waals surface area contributed by atoms with Crippen molar-refractivity contribution in [2.75, 3.05) is 16.8 Å². The minimum absolute atomic E-state index is 0.0618. The molecule has 0 saturated heterocycles. The molecule has 1 unspecified atom stereocenters. The van der Waals surface area contributed by atoms with Crippen molar-refractivity contribution in [2.45, 2.75) is 25.8 Å². The van der Waals surface area contributed by atoms with E-state index in [-0.39, 0.29) is 30.8 Å². The van der Waals surface area contributed by atoms with Gasteiger partial charge in [-0.05, 0) is 18.6 Å². The lowest BCUT2D eigenvalue weighted by atomic mass is 10.1. The molecule has 18 heavy (non-hydrogen) atoms. The van der Waals surface area contributed by atoms with E-state index in [0.717, 1.165) is 12.1 Å². The van der Waals surface area contributed by atoms with E-state index < -0.39 is 0 Å². The molecule has 0 spiro atoms. The molecule has 0 saturated carbocycles. The van der Waals surface area contributed by atoms with E-state index in [2.05, 4.69) is 5.32 Å². The maximum absolute atomic E-state index is 12.1. The molecule has 2 rings (SSSR count). The fraction of sp³-hybridized carbons (Fsp3) is 0.385. The number of hydrogen-bond acceptors (Lipinski definition) is 3. The highest BCUT2D eigenvalue weighted by Gasteiger charge is 2.26. The first-order chi connectivity index (χ1) is 8.61. The largest absolute Gasteiger partial charge is 0.327 e. The Morgan fingerprint density at radius 2 is 2.22 bits per heavy atom. The number of rotatable bonds is 3. The van der Waals surface area contributed by atoms with Crippen LogP contribution in [0.25, 0.3) is 0 Å². The van der Waals surface area contributed by atoms with E-state index in [1.54, 1.807) is 6.07 Å². The minimum Gasteiger partial charge on any atom is -0.327 e. The molecule has 0 fully saturated rings. The first-order valence-electron chi connectivity index (χ1n) is 6.06. The van der Waals surface area contributed by atoms with Gasteiger partial charge in [0.15, 0.2) is 0 Å². The molecule has 1 aromatic carbocycles. The maximum atomic E-state index is 12.1. The van der Waals surface area contributed by atoms with Crippen molar-refractivity contribution in [3.63, 3.8) is 0 Å². The summed E-state index contributed by atoms with van der Waals surface area (Å²) in [5.41, 5.74) is 7.20. The highest BCUT2D eigenvalue weighted by Crippen LogP contribution is 2.29. The normalized spacial score (nSPS) is 15.9. The fourth-order valence-electron chi connectivity index (χ4n) is 1.93. The van der Waals surface area contributed by atoms with Gasteiger partial charge in [0.1, 0.15) is 6.54 Å². The molecule has 1 aliphatic heterocycles. The standard InChI is InChI=1S/C13H17N3O2/c1-2-9(14)7-13(18)16-8-12(17)15-10-5-3-4-6-11(10)16/h3-6,9H,2,7-8,14H2,1H3,(H,15,17). The van der Waals surface area contributed by atoms with Gasteiger partial charge < -0.3 is 16.0 Å². The van der Waals surface area contributed by atoms with Crippen LogP contribution in [0.15, 0.2) is 24.3 Å². The molecule has 0 radical (unpaired) electrons. The van der Waals surface area contributed by atoms with Crippen LogP contribution in [0.3, 0.4) is 0 Å². The highest BCUT2D eigenvalue weighted by atomic mass is 16.2. The average Bonchev–Trinajstić information content (AvgIpc) is 2.37. The molecule has 0 aromatic heterocycles. The quantitative estimate of drug-likeness (QED) is 0.839. The summed E-state index contributed by atoms with van der Waals surface area (Å²) in [4.78, 5) is 25.2. The van der Waals surface area contributed by atoms with Gasteiger partial charge in [-0.25, -0.2) is 0 Å². The van der Waals surface area contributed by atoms with Gasteiger partial charge in [0.25, 0.3) is 0 Å². The highest BCUT2D eigenvalue weighted by molar-refractivity contribution is 6.09. The third kappa shape index (κ3) is 2.51. The minimum atomic E-state index is -0.174. The Labute approximate surface area is 106 Å². The van der Waals surface area contributed by atoms with Crippen molar-refractivity contribution in [1.82, 2.24) is 0 Å². The molecular formula is C13H17N3O2. The van der Waals surface area contributed by atoms with Crippen LogP contribution in [0.2, 0.25) is 0 Å². The van der Waals surface area contributed by atoms with E-state index in [4.69, 9.17) is 5.73 Å². The summed E-state index contributed by atoms with van der Waals surface area (Å²) in [6.45, 7) is 2.00. The molecule has 1 heterocycles. The van der Waals surface area contributed by atoms with Gasteiger partial charge in [0.05, 0.1) is 11.4 Å². The summed E-state index contributed by atoms with van der Waals surface area (Å²) in [7, 11) is 0. The van der Waals surface area contributed by atoms with E-state index in [0.29, 0.717) is 5.69 Å². The lowest BCUT2D eigenvalue weighted by Gasteiger charge is -2.29. The molecule has 1 aliphatic rings. The zero-order chi connectivity index (χ0) is 13.1.